The van der Waals surface area contributed by atoms with E-state index in [0.29, 0.717) is 29.4 Å². The second kappa shape index (κ2) is 10.7. The molecule has 2 N–H and O–H groups in total. The number of hydrogen-bond donors (Lipinski definition) is 2. The molecule has 2 aromatic rings. The maximum absolute atomic E-state index is 5.97. The molecule has 1 aromatic carbocycles. The number of benzene rings is 1. The highest BCUT2D eigenvalue weighted by atomic mass is 35.5. The number of nitrogens with one attached hydrogen (secondary N) is 2. The first-order valence-electron chi connectivity index (χ1n) is 11.6. The Labute approximate surface area is 201 Å². The van der Waals surface area contributed by atoms with Crippen molar-refractivity contribution in [2.24, 2.45) is 11.8 Å². The van der Waals surface area contributed by atoms with Crippen LogP contribution >= 0.6 is 23.8 Å². The molecule has 4 rings (SSSR count). The average molecular weight is 473 g/mol. The summed E-state index contributed by atoms with van der Waals surface area (Å²) in [4.78, 5) is 14.5. The largest absolute Gasteiger partial charge is 0.358 e. The van der Waals surface area contributed by atoms with Crippen molar-refractivity contribution in [3.63, 3.8) is 0 Å². The van der Waals surface area contributed by atoms with Crippen LogP contribution in [0.5, 0.6) is 0 Å². The summed E-state index contributed by atoms with van der Waals surface area (Å²) in [5, 5.41) is 7.72. The van der Waals surface area contributed by atoms with E-state index in [9.17, 15) is 0 Å². The Balaban J connectivity index is 1.50. The number of halogens is 1. The number of aromatic nitrogens is 2. The number of thiocarbonyl (C=S) groups is 1. The smallest absolute Gasteiger partial charge is 0.232 e. The van der Waals surface area contributed by atoms with Crippen LogP contribution < -0.4 is 20.4 Å². The van der Waals surface area contributed by atoms with E-state index in [2.05, 4.69) is 40.3 Å². The summed E-state index contributed by atoms with van der Waals surface area (Å²) in [5.74, 6) is 3.85. The lowest BCUT2D eigenvalue weighted by molar-refractivity contribution is 0.355. The molecule has 0 unspecified atom stereocenters. The van der Waals surface area contributed by atoms with Crippen molar-refractivity contribution in [3.05, 3.63) is 40.9 Å². The Hall–Kier alpha value is -2.12. The van der Waals surface area contributed by atoms with E-state index >= 15 is 0 Å². The van der Waals surface area contributed by atoms with Crippen molar-refractivity contribution in [1.29, 1.82) is 0 Å². The van der Waals surface area contributed by atoms with Gasteiger partial charge in [-0.1, -0.05) is 37.6 Å². The first-order valence-corrected chi connectivity index (χ1v) is 12.4. The summed E-state index contributed by atoms with van der Waals surface area (Å²) in [7, 11) is 0. The minimum atomic E-state index is 0.516. The second-order valence-electron chi connectivity index (χ2n) is 9.24. The Morgan fingerprint density at radius 3 is 2.28 bits per heavy atom. The zero-order valence-electron chi connectivity index (χ0n) is 19.0. The molecule has 32 heavy (non-hydrogen) atoms. The number of rotatable bonds is 5. The predicted molar refractivity (Wildman–Crippen MR) is 138 cm³/mol. The van der Waals surface area contributed by atoms with Crippen molar-refractivity contribution in [1.82, 2.24) is 15.3 Å². The molecule has 1 aromatic heterocycles. The van der Waals surface area contributed by atoms with Crippen molar-refractivity contribution in [2.75, 3.05) is 41.3 Å². The van der Waals surface area contributed by atoms with Crippen LogP contribution in [0.15, 0.2) is 30.3 Å². The molecule has 6 nitrogen and oxygen atoms in total. The molecule has 0 amide bonds. The number of nitrogens with zero attached hydrogens (tertiary/aromatic N) is 4. The van der Waals surface area contributed by atoms with Crippen molar-refractivity contribution in [3.8, 4) is 0 Å². The zero-order chi connectivity index (χ0) is 22.5. The highest BCUT2D eigenvalue weighted by Gasteiger charge is 2.25. The van der Waals surface area contributed by atoms with E-state index in [1.165, 1.54) is 25.7 Å². The van der Waals surface area contributed by atoms with Crippen LogP contribution in [-0.4, -0.2) is 41.3 Å². The standard InChI is InChI=1S/C24H33ClN6S/c1-17-12-18(2)16-31(15-17)22-13-21(30-10-4-3-5-11-30)27-23(28-22)29-24(32)26-14-19-6-8-20(25)9-7-19/h6-9,13,17-18H,3-5,10-12,14-16H2,1-2H3,(H2,26,27,28,29,32)/t17-,18+. The third-order valence-corrected chi connectivity index (χ3v) is 6.66. The summed E-state index contributed by atoms with van der Waals surface area (Å²) in [6.45, 7) is 9.40. The Bertz CT molecular complexity index is 905. The van der Waals surface area contributed by atoms with E-state index < -0.39 is 0 Å². The highest BCUT2D eigenvalue weighted by Crippen LogP contribution is 2.29. The molecule has 2 aliphatic rings. The normalized spacial score (nSPS) is 21.3. The van der Waals surface area contributed by atoms with Gasteiger partial charge in [0.1, 0.15) is 11.6 Å². The third-order valence-electron chi connectivity index (χ3n) is 6.16. The molecule has 0 saturated carbocycles. The van der Waals surface area contributed by atoms with E-state index in [1.54, 1.807) is 0 Å². The van der Waals surface area contributed by atoms with Crippen LogP contribution in [0.25, 0.3) is 0 Å². The van der Waals surface area contributed by atoms with Crippen LogP contribution in [0.1, 0.15) is 45.1 Å². The molecule has 0 radical (unpaired) electrons. The topological polar surface area (TPSA) is 56.3 Å². The summed E-state index contributed by atoms with van der Waals surface area (Å²) < 4.78 is 0. The fourth-order valence-electron chi connectivity index (χ4n) is 4.71. The quantitative estimate of drug-likeness (QED) is 0.588. The van der Waals surface area contributed by atoms with E-state index in [1.807, 2.05) is 24.3 Å². The van der Waals surface area contributed by atoms with Crippen LogP contribution in [-0.2, 0) is 6.54 Å². The number of piperidine rings is 2. The maximum Gasteiger partial charge on any atom is 0.232 e. The lowest BCUT2D eigenvalue weighted by Gasteiger charge is -2.36. The molecule has 2 saturated heterocycles. The van der Waals surface area contributed by atoms with E-state index in [0.717, 1.165) is 48.4 Å². The number of hydrogen-bond acceptors (Lipinski definition) is 5. The molecule has 0 spiro atoms. The first-order chi connectivity index (χ1) is 15.5. The highest BCUT2D eigenvalue weighted by molar-refractivity contribution is 7.80. The Morgan fingerprint density at radius 1 is 1.00 bits per heavy atom. The molecule has 0 aliphatic carbocycles. The van der Waals surface area contributed by atoms with Gasteiger partial charge < -0.3 is 20.4 Å². The first kappa shape index (κ1) is 23.1. The zero-order valence-corrected chi connectivity index (χ0v) is 20.6. The van der Waals surface area contributed by atoms with Gasteiger partial charge in [0.05, 0.1) is 0 Å². The molecular formula is C24H33ClN6S. The van der Waals surface area contributed by atoms with Gasteiger partial charge in [0, 0.05) is 43.8 Å². The van der Waals surface area contributed by atoms with Gasteiger partial charge in [-0.15, -0.1) is 0 Å². The summed E-state index contributed by atoms with van der Waals surface area (Å²) in [6.07, 6.45) is 4.98. The van der Waals surface area contributed by atoms with Gasteiger partial charge in [-0.3, -0.25) is 0 Å². The van der Waals surface area contributed by atoms with Gasteiger partial charge in [0.25, 0.3) is 0 Å². The molecule has 172 valence electrons. The monoisotopic (exact) mass is 472 g/mol. The van der Waals surface area contributed by atoms with Crippen molar-refractivity contribution < 1.29 is 0 Å². The van der Waals surface area contributed by atoms with E-state index in [-0.39, 0.29) is 0 Å². The molecule has 8 heteroatoms. The Morgan fingerprint density at radius 2 is 1.62 bits per heavy atom. The minimum absolute atomic E-state index is 0.516. The molecule has 0 bridgehead atoms. The van der Waals surface area contributed by atoms with Crippen LogP contribution in [0, 0.1) is 11.8 Å². The molecule has 3 heterocycles. The molecular weight excluding hydrogens is 440 g/mol. The van der Waals surface area contributed by atoms with Gasteiger partial charge in [-0.2, -0.15) is 9.97 Å². The van der Waals surface area contributed by atoms with Crippen molar-refractivity contribution in [2.45, 2.75) is 46.1 Å². The molecule has 2 atom stereocenters. The molecule has 2 fully saturated rings. The predicted octanol–water partition coefficient (Wildman–Crippen LogP) is 5.09. The summed E-state index contributed by atoms with van der Waals surface area (Å²) >= 11 is 11.5. The van der Waals surface area contributed by atoms with Gasteiger partial charge in [-0.25, -0.2) is 0 Å². The maximum atomic E-state index is 5.97. The SMILES string of the molecule is C[C@@H]1C[C@H](C)CN(c2cc(N3CCCCC3)nc(NC(=S)NCc3ccc(Cl)cc3)n2)C1. The summed E-state index contributed by atoms with van der Waals surface area (Å²) in [5.41, 5.74) is 1.11. The van der Waals surface area contributed by atoms with Gasteiger partial charge in [0.15, 0.2) is 5.11 Å². The lowest BCUT2D eigenvalue weighted by Crippen LogP contribution is -2.40. The van der Waals surface area contributed by atoms with Crippen LogP contribution in [0.3, 0.4) is 0 Å². The molecule has 2 aliphatic heterocycles. The third kappa shape index (κ3) is 6.23. The van der Waals surface area contributed by atoms with Crippen molar-refractivity contribution >= 4 is 46.5 Å². The minimum Gasteiger partial charge on any atom is -0.358 e. The van der Waals surface area contributed by atoms with E-state index in [4.69, 9.17) is 33.8 Å². The Kier molecular flexibility index (Phi) is 7.68. The van der Waals surface area contributed by atoms with Crippen LogP contribution in [0.4, 0.5) is 17.6 Å². The van der Waals surface area contributed by atoms with Gasteiger partial charge >= 0.3 is 0 Å². The lowest BCUT2D eigenvalue weighted by atomic mass is 9.92. The van der Waals surface area contributed by atoms with Gasteiger partial charge in [0.2, 0.25) is 5.95 Å². The second-order valence-corrected chi connectivity index (χ2v) is 10.1. The van der Waals surface area contributed by atoms with Crippen LogP contribution in [0.2, 0.25) is 5.02 Å². The van der Waals surface area contributed by atoms with Gasteiger partial charge in [-0.05, 0) is 67.4 Å². The summed E-state index contributed by atoms with van der Waals surface area (Å²) in [6, 6.07) is 9.90. The average Bonchev–Trinajstić information content (AvgIpc) is 2.78. The number of anilines is 3. The fourth-order valence-corrected chi connectivity index (χ4v) is 4.99. The fraction of sp³-hybridized carbons (Fsp3) is 0.542.